The van der Waals surface area contributed by atoms with E-state index in [4.69, 9.17) is 5.73 Å². The Balaban J connectivity index is 2.07. The van der Waals surface area contributed by atoms with Crippen molar-refractivity contribution in [3.05, 3.63) is 0 Å². The summed E-state index contributed by atoms with van der Waals surface area (Å²) in [6.07, 6.45) is 3.66. The minimum atomic E-state index is 0.418. The second kappa shape index (κ2) is 4.83. The van der Waals surface area contributed by atoms with Crippen molar-refractivity contribution in [1.82, 2.24) is 4.90 Å². The van der Waals surface area contributed by atoms with E-state index in [2.05, 4.69) is 18.7 Å². The number of hydrogen-bond acceptors (Lipinski definition) is 2. The van der Waals surface area contributed by atoms with Crippen molar-refractivity contribution in [3.63, 3.8) is 0 Å². The molecule has 0 saturated carbocycles. The summed E-state index contributed by atoms with van der Waals surface area (Å²) >= 11 is 0. The Kier molecular flexibility index (Phi) is 4.02. The van der Waals surface area contributed by atoms with Crippen molar-refractivity contribution in [1.29, 1.82) is 0 Å². The van der Waals surface area contributed by atoms with Crippen LogP contribution in [0.1, 0.15) is 33.1 Å². The van der Waals surface area contributed by atoms with Crippen LogP contribution in [0.4, 0.5) is 0 Å². The molecule has 0 amide bonds. The molecule has 2 atom stereocenters. The van der Waals surface area contributed by atoms with E-state index >= 15 is 0 Å². The van der Waals surface area contributed by atoms with Gasteiger partial charge in [0, 0.05) is 12.6 Å². The molecule has 2 heteroatoms. The van der Waals surface area contributed by atoms with Gasteiger partial charge in [-0.05, 0) is 38.3 Å². The Hall–Kier alpha value is -0.0800. The summed E-state index contributed by atoms with van der Waals surface area (Å²) in [6, 6.07) is 0.418. The first-order valence-corrected chi connectivity index (χ1v) is 5.20. The van der Waals surface area contributed by atoms with Crippen molar-refractivity contribution in [3.8, 4) is 0 Å². The van der Waals surface area contributed by atoms with Crippen LogP contribution in [-0.4, -0.2) is 30.6 Å². The smallest absolute Gasteiger partial charge is 0.00483 e. The minimum absolute atomic E-state index is 0.418. The lowest BCUT2D eigenvalue weighted by molar-refractivity contribution is 0.310. The predicted octanol–water partition coefficient (Wildman–Crippen LogP) is 1.46. The number of nitrogens with zero attached hydrogens (tertiary/aromatic N) is 1. The van der Waals surface area contributed by atoms with Crippen LogP contribution in [0, 0.1) is 5.92 Å². The highest BCUT2D eigenvalue weighted by Gasteiger charge is 2.18. The van der Waals surface area contributed by atoms with Crippen LogP contribution in [0.25, 0.3) is 0 Å². The maximum absolute atomic E-state index is 5.86. The van der Waals surface area contributed by atoms with Crippen molar-refractivity contribution in [2.45, 2.75) is 39.2 Å². The molecule has 0 radical (unpaired) electrons. The molecule has 0 aromatic rings. The van der Waals surface area contributed by atoms with Crippen LogP contribution >= 0.6 is 0 Å². The minimum Gasteiger partial charge on any atom is -0.328 e. The van der Waals surface area contributed by atoms with Crippen LogP contribution in [0.5, 0.6) is 0 Å². The topological polar surface area (TPSA) is 29.3 Å². The second-order valence-corrected chi connectivity index (χ2v) is 4.15. The van der Waals surface area contributed by atoms with Crippen molar-refractivity contribution < 1.29 is 0 Å². The average molecular weight is 170 g/mol. The second-order valence-electron chi connectivity index (χ2n) is 4.15. The highest BCUT2D eigenvalue weighted by molar-refractivity contribution is 4.73. The van der Waals surface area contributed by atoms with Crippen LogP contribution in [0.3, 0.4) is 0 Å². The van der Waals surface area contributed by atoms with Gasteiger partial charge in [-0.25, -0.2) is 0 Å². The Morgan fingerprint density at radius 1 is 1.58 bits per heavy atom. The SMILES string of the molecule is CCC(N)CCN1CCC(C)C1. The van der Waals surface area contributed by atoms with Crippen molar-refractivity contribution >= 4 is 0 Å². The van der Waals surface area contributed by atoms with E-state index in [-0.39, 0.29) is 0 Å². The van der Waals surface area contributed by atoms with E-state index in [1.807, 2.05) is 0 Å². The predicted molar refractivity (Wildman–Crippen MR) is 53.1 cm³/mol. The fraction of sp³-hybridized carbons (Fsp3) is 1.00. The van der Waals surface area contributed by atoms with Gasteiger partial charge in [-0.3, -0.25) is 0 Å². The van der Waals surface area contributed by atoms with E-state index < -0.39 is 0 Å². The molecule has 0 aliphatic carbocycles. The molecule has 2 unspecified atom stereocenters. The lowest BCUT2D eigenvalue weighted by atomic mass is 10.1. The van der Waals surface area contributed by atoms with Crippen LogP contribution in [-0.2, 0) is 0 Å². The number of hydrogen-bond donors (Lipinski definition) is 1. The van der Waals surface area contributed by atoms with Crippen molar-refractivity contribution in [2.75, 3.05) is 19.6 Å². The van der Waals surface area contributed by atoms with Crippen molar-refractivity contribution in [2.24, 2.45) is 11.7 Å². The molecule has 0 aromatic heterocycles. The Morgan fingerprint density at radius 2 is 2.33 bits per heavy atom. The molecule has 1 aliphatic heterocycles. The zero-order chi connectivity index (χ0) is 8.97. The molecule has 0 bridgehead atoms. The molecule has 1 heterocycles. The highest BCUT2D eigenvalue weighted by Crippen LogP contribution is 2.15. The summed E-state index contributed by atoms with van der Waals surface area (Å²) in [7, 11) is 0. The van der Waals surface area contributed by atoms with Gasteiger partial charge in [-0.2, -0.15) is 0 Å². The van der Waals surface area contributed by atoms with Gasteiger partial charge in [0.1, 0.15) is 0 Å². The molecule has 1 fully saturated rings. The fourth-order valence-corrected chi connectivity index (χ4v) is 1.78. The van der Waals surface area contributed by atoms with Crippen LogP contribution in [0.15, 0.2) is 0 Å². The van der Waals surface area contributed by atoms with E-state index in [0.29, 0.717) is 6.04 Å². The lowest BCUT2D eigenvalue weighted by Gasteiger charge is -2.17. The molecule has 1 saturated heterocycles. The van der Waals surface area contributed by atoms with Crippen LogP contribution < -0.4 is 5.73 Å². The van der Waals surface area contributed by atoms with Gasteiger partial charge in [0.25, 0.3) is 0 Å². The summed E-state index contributed by atoms with van der Waals surface area (Å²) in [4.78, 5) is 2.54. The Morgan fingerprint density at radius 3 is 2.83 bits per heavy atom. The quantitative estimate of drug-likeness (QED) is 0.692. The highest BCUT2D eigenvalue weighted by atomic mass is 15.1. The standard InChI is InChI=1S/C10H22N2/c1-3-10(11)5-7-12-6-4-9(2)8-12/h9-10H,3-8,11H2,1-2H3. The van der Waals surface area contributed by atoms with E-state index in [1.54, 1.807) is 0 Å². The summed E-state index contributed by atoms with van der Waals surface area (Å²) in [6.45, 7) is 8.28. The first kappa shape index (κ1) is 10.0. The third kappa shape index (κ3) is 3.11. The van der Waals surface area contributed by atoms with E-state index in [0.717, 1.165) is 12.3 Å². The molecule has 1 rings (SSSR count). The van der Waals surface area contributed by atoms with Gasteiger partial charge in [0.2, 0.25) is 0 Å². The third-order valence-electron chi connectivity index (χ3n) is 2.85. The van der Waals surface area contributed by atoms with E-state index in [1.165, 1.54) is 32.5 Å². The fourth-order valence-electron chi connectivity index (χ4n) is 1.78. The summed E-state index contributed by atoms with van der Waals surface area (Å²) in [5.74, 6) is 0.905. The average Bonchev–Trinajstić information content (AvgIpc) is 2.47. The molecule has 12 heavy (non-hydrogen) atoms. The Labute approximate surface area is 76.1 Å². The molecule has 0 spiro atoms. The van der Waals surface area contributed by atoms with Crippen LogP contribution in [0.2, 0.25) is 0 Å². The summed E-state index contributed by atoms with van der Waals surface area (Å²) < 4.78 is 0. The summed E-state index contributed by atoms with van der Waals surface area (Å²) in [5, 5.41) is 0. The Bertz CT molecular complexity index is 125. The molecule has 0 aromatic carbocycles. The molecule has 1 aliphatic rings. The van der Waals surface area contributed by atoms with Gasteiger partial charge in [0.05, 0.1) is 0 Å². The maximum atomic E-state index is 5.86. The van der Waals surface area contributed by atoms with E-state index in [9.17, 15) is 0 Å². The monoisotopic (exact) mass is 170 g/mol. The number of likely N-dealkylation sites (tertiary alicyclic amines) is 1. The zero-order valence-electron chi connectivity index (χ0n) is 8.42. The lowest BCUT2D eigenvalue weighted by Crippen LogP contribution is -2.28. The van der Waals surface area contributed by atoms with Gasteiger partial charge >= 0.3 is 0 Å². The van der Waals surface area contributed by atoms with Gasteiger partial charge < -0.3 is 10.6 Å². The third-order valence-corrected chi connectivity index (χ3v) is 2.85. The first-order chi connectivity index (χ1) is 5.72. The molecular formula is C10H22N2. The molecular weight excluding hydrogens is 148 g/mol. The van der Waals surface area contributed by atoms with Gasteiger partial charge in [-0.15, -0.1) is 0 Å². The number of rotatable bonds is 4. The molecule has 72 valence electrons. The van der Waals surface area contributed by atoms with Gasteiger partial charge in [0.15, 0.2) is 0 Å². The number of nitrogens with two attached hydrogens (primary N) is 1. The maximum Gasteiger partial charge on any atom is 0.00483 e. The first-order valence-electron chi connectivity index (χ1n) is 5.20. The largest absolute Gasteiger partial charge is 0.328 e. The summed E-state index contributed by atoms with van der Waals surface area (Å²) in [5.41, 5.74) is 5.86. The zero-order valence-corrected chi connectivity index (χ0v) is 8.42. The molecule has 2 N–H and O–H groups in total. The van der Waals surface area contributed by atoms with Gasteiger partial charge in [-0.1, -0.05) is 13.8 Å². The molecule has 2 nitrogen and oxygen atoms in total. The normalized spacial score (nSPS) is 27.8.